The molecule has 2 aromatic rings. The van der Waals surface area contributed by atoms with E-state index in [1.165, 1.54) is 0 Å². The Morgan fingerprint density at radius 2 is 2.10 bits per heavy atom. The Morgan fingerprint density at radius 3 is 2.79 bits per heavy atom. The Labute approximate surface area is 167 Å². The monoisotopic (exact) mass is 398 g/mol. The van der Waals surface area contributed by atoms with Crippen LogP contribution < -0.4 is 21.3 Å². The summed E-state index contributed by atoms with van der Waals surface area (Å²) in [7, 11) is 0. The molecule has 2 fully saturated rings. The Hall–Kier alpha value is -3.23. The second kappa shape index (κ2) is 7.65. The lowest BCUT2D eigenvalue weighted by molar-refractivity contribution is -0.137. The number of nitrogen functional groups attached to an aromatic ring is 1. The number of nitrogens with zero attached hydrogens (tertiary/aromatic N) is 3. The van der Waals surface area contributed by atoms with Crippen LogP contribution in [-0.2, 0) is 16.0 Å². The van der Waals surface area contributed by atoms with Gasteiger partial charge < -0.3 is 21.3 Å². The topological polar surface area (TPSA) is 113 Å². The predicted molar refractivity (Wildman–Crippen MR) is 105 cm³/mol. The van der Waals surface area contributed by atoms with Crippen LogP contribution in [0.4, 0.5) is 16.2 Å². The zero-order valence-corrected chi connectivity index (χ0v) is 15.9. The molecule has 1 atom stereocenters. The molecular formula is C20H23FN6O2. The predicted octanol–water partition coefficient (Wildman–Crippen LogP) is 0.642. The van der Waals surface area contributed by atoms with Crippen molar-refractivity contribution in [2.75, 3.05) is 30.3 Å². The highest BCUT2D eigenvalue weighted by Crippen LogP contribution is 2.37. The third kappa shape index (κ3) is 3.85. The quantitative estimate of drug-likeness (QED) is 0.681. The van der Waals surface area contributed by atoms with Crippen molar-refractivity contribution >= 4 is 23.6 Å². The van der Waals surface area contributed by atoms with Gasteiger partial charge in [0.15, 0.2) is 11.6 Å². The van der Waals surface area contributed by atoms with Crippen LogP contribution in [0.2, 0.25) is 0 Å². The minimum Gasteiger partial charge on any atom is -0.381 e. The number of aromatic nitrogens is 2. The molecule has 3 heterocycles. The molecule has 1 aromatic carbocycles. The molecule has 4 rings (SSSR count). The third-order valence-corrected chi connectivity index (χ3v) is 5.49. The number of nitrogens with one attached hydrogen (secondary N) is 2. The van der Waals surface area contributed by atoms with E-state index in [-0.39, 0.29) is 23.6 Å². The summed E-state index contributed by atoms with van der Waals surface area (Å²) >= 11 is 0. The van der Waals surface area contributed by atoms with Crippen molar-refractivity contribution in [1.29, 1.82) is 0 Å². The van der Waals surface area contributed by atoms with Gasteiger partial charge in [0, 0.05) is 19.6 Å². The fraction of sp³-hybridized carbons (Fsp3) is 0.400. The van der Waals surface area contributed by atoms with Gasteiger partial charge in [-0.05, 0) is 24.8 Å². The summed E-state index contributed by atoms with van der Waals surface area (Å²) in [6.07, 6.45) is 3.00. The highest BCUT2D eigenvalue weighted by molar-refractivity contribution is 5.92. The second-order valence-electron chi connectivity index (χ2n) is 7.66. The second-order valence-corrected chi connectivity index (χ2v) is 7.66. The first kappa shape index (κ1) is 19.1. The van der Waals surface area contributed by atoms with Crippen LogP contribution in [0, 0.1) is 11.2 Å². The van der Waals surface area contributed by atoms with E-state index in [2.05, 4.69) is 20.6 Å². The van der Waals surface area contributed by atoms with Crippen molar-refractivity contribution in [3.63, 3.8) is 0 Å². The molecule has 2 aliphatic rings. The van der Waals surface area contributed by atoms with Gasteiger partial charge in [0.05, 0.1) is 11.6 Å². The minimum atomic E-state index is -0.731. The Kier molecular flexibility index (Phi) is 5.04. The molecule has 0 radical (unpaired) electrons. The van der Waals surface area contributed by atoms with E-state index in [1.807, 2.05) is 30.3 Å². The molecule has 1 unspecified atom stereocenters. The summed E-state index contributed by atoms with van der Waals surface area (Å²) in [5, 5.41) is 5.71. The summed E-state index contributed by atoms with van der Waals surface area (Å²) in [4.78, 5) is 35.0. The number of halogens is 1. The number of benzene rings is 1. The summed E-state index contributed by atoms with van der Waals surface area (Å²) in [5.41, 5.74) is 5.84. The lowest BCUT2D eigenvalue weighted by atomic mass is 9.73. The first-order valence-corrected chi connectivity index (χ1v) is 9.62. The molecule has 1 aromatic heterocycles. The Balaban J connectivity index is 1.53. The van der Waals surface area contributed by atoms with E-state index in [1.54, 1.807) is 4.90 Å². The largest absolute Gasteiger partial charge is 0.381 e. The molecule has 0 saturated carbocycles. The normalized spacial score (nSPS) is 20.5. The maximum Gasteiger partial charge on any atom is 0.242 e. The first-order valence-electron chi connectivity index (χ1n) is 9.62. The smallest absolute Gasteiger partial charge is 0.242 e. The molecule has 9 heteroatoms. The van der Waals surface area contributed by atoms with E-state index in [4.69, 9.17) is 5.73 Å². The number of anilines is 2. The number of hydrogen-bond donors (Lipinski definition) is 3. The Bertz CT molecular complexity index is 916. The van der Waals surface area contributed by atoms with Crippen molar-refractivity contribution in [2.45, 2.75) is 25.3 Å². The van der Waals surface area contributed by atoms with Crippen LogP contribution >= 0.6 is 0 Å². The molecule has 2 saturated heterocycles. The number of carbonyl (C=O) groups excluding carboxylic acids is 2. The molecular weight excluding hydrogens is 375 g/mol. The Morgan fingerprint density at radius 1 is 1.34 bits per heavy atom. The number of rotatable bonds is 5. The molecule has 2 aliphatic heterocycles. The summed E-state index contributed by atoms with van der Waals surface area (Å²) < 4.78 is 13.4. The molecule has 2 amide bonds. The molecule has 0 aliphatic carbocycles. The van der Waals surface area contributed by atoms with E-state index in [0.29, 0.717) is 32.5 Å². The highest BCUT2D eigenvalue weighted by atomic mass is 19.1. The van der Waals surface area contributed by atoms with Crippen molar-refractivity contribution in [1.82, 2.24) is 20.6 Å². The van der Waals surface area contributed by atoms with Gasteiger partial charge in [-0.3, -0.25) is 9.59 Å². The molecule has 0 bridgehead atoms. The van der Waals surface area contributed by atoms with Crippen molar-refractivity contribution in [3.8, 4) is 0 Å². The SMILES string of the molecule is Nc1nc(N2CC(Cc3ccccc3)(C(=O)NC3CCCNC3=O)C2)ncc1F. The summed E-state index contributed by atoms with van der Waals surface area (Å²) in [6.45, 7) is 1.34. The third-order valence-electron chi connectivity index (χ3n) is 5.49. The van der Waals surface area contributed by atoms with Gasteiger partial charge in [-0.25, -0.2) is 9.37 Å². The molecule has 4 N–H and O–H groups in total. The van der Waals surface area contributed by atoms with E-state index in [0.717, 1.165) is 18.2 Å². The average Bonchev–Trinajstić information content (AvgIpc) is 2.69. The van der Waals surface area contributed by atoms with Crippen molar-refractivity contribution in [2.24, 2.45) is 5.41 Å². The molecule has 0 spiro atoms. The van der Waals surface area contributed by atoms with Crippen LogP contribution in [0.5, 0.6) is 0 Å². The lowest BCUT2D eigenvalue weighted by Crippen LogP contribution is -2.67. The van der Waals surface area contributed by atoms with Crippen LogP contribution in [0.1, 0.15) is 18.4 Å². The first-order chi connectivity index (χ1) is 14.0. The van der Waals surface area contributed by atoms with Gasteiger partial charge in [-0.2, -0.15) is 4.98 Å². The zero-order chi connectivity index (χ0) is 20.4. The highest BCUT2D eigenvalue weighted by Gasteiger charge is 2.51. The maximum absolute atomic E-state index is 13.4. The fourth-order valence-electron chi connectivity index (χ4n) is 3.89. The maximum atomic E-state index is 13.4. The van der Waals surface area contributed by atoms with Crippen LogP contribution in [-0.4, -0.2) is 47.5 Å². The zero-order valence-electron chi connectivity index (χ0n) is 15.9. The van der Waals surface area contributed by atoms with Gasteiger partial charge in [0.2, 0.25) is 17.8 Å². The van der Waals surface area contributed by atoms with Crippen molar-refractivity contribution < 1.29 is 14.0 Å². The number of hydrogen-bond acceptors (Lipinski definition) is 6. The van der Waals surface area contributed by atoms with Gasteiger partial charge >= 0.3 is 0 Å². The van der Waals surface area contributed by atoms with E-state index >= 15 is 0 Å². The number of nitrogens with two attached hydrogens (primary N) is 1. The van der Waals surface area contributed by atoms with Gasteiger partial charge in [0.25, 0.3) is 0 Å². The minimum absolute atomic E-state index is 0.148. The van der Waals surface area contributed by atoms with Crippen LogP contribution in [0.3, 0.4) is 0 Å². The van der Waals surface area contributed by atoms with Gasteiger partial charge in [0.1, 0.15) is 6.04 Å². The fourth-order valence-corrected chi connectivity index (χ4v) is 3.89. The molecule has 152 valence electrons. The average molecular weight is 398 g/mol. The molecule has 29 heavy (non-hydrogen) atoms. The van der Waals surface area contributed by atoms with Crippen LogP contribution in [0.15, 0.2) is 36.5 Å². The van der Waals surface area contributed by atoms with Gasteiger partial charge in [-0.15, -0.1) is 0 Å². The van der Waals surface area contributed by atoms with Crippen molar-refractivity contribution in [3.05, 3.63) is 47.9 Å². The number of carbonyl (C=O) groups is 2. The summed E-state index contributed by atoms with van der Waals surface area (Å²) in [6, 6.07) is 9.20. The number of amides is 2. The lowest BCUT2D eigenvalue weighted by Gasteiger charge is -2.49. The molecule has 8 nitrogen and oxygen atoms in total. The summed E-state index contributed by atoms with van der Waals surface area (Å²) in [5.74, 6) is -0.930. The standard InChI is InChI=1S/C20H23FN6O2/c21-14-10-24-19(26-16(14)22)27-11-20(12-27,9-13-5-2-1-3-6-13)18(29)25-15-7-4-8-23-17(15)28/h1-3,5-6,10,15H,4,7-9,11-12H2,(H,23,28)(H,25,29)(H2,22,24,26). The van der Waals surface area contributed by atoms with E-state index < -0.39 is 17.3 Å². The number of piperidine rings is 1. The van der Waals surface area contributed by atoms with Gasteiger partial charge in [-0.1, -0.05) is 30.3 Å². The van der Waals surface area contributed by atoms with E-state index in [9.17, 15) is 14.0 Å². The van der Waals surface area contributed by atoms with Crippen LogP contribution in [0.25, 0.3) is 0 Å².